The summed E-state index contributed by atoms with van der Waals surface area (Å²) in [6, 6.07) is -1.17. The van der Waals surface area contributed by atoms with Crippen molar-refractivity contribution in [2.45, 2.75) is 50.6 Å². The van der Waals surface area contributed by atoms with Crippen molar-refractivity contribution in [3.8, 4) is 0 Å². The van der Waals surface area contributed by atoms with Crippen LogP contribution in [0.4, 0.5) is 4.79 Å². The zero-order valence-corrected chi connectivity index (χ0v) is 17.7. The fourth-order valence-corrected chi connectivity index (χ4v) is 2.60. The molecule has 0 bridgehead atoms. The van der Waals surface area contributed by atoms with Crippen molar-refractivity contribution < 1.29 is 29.3 Å². The topological polar surface area (TPSA) is 192 Å². The van der Waals surface area contributed by atoms with Crippen molar-refractivity contribution in [2.24, 2.45) is 11.6 Å². The Morgan fingerprint density at radius 3 is 2.03 bits per heavy atom. The number of nitrogens with two attached hydrogens (primary N) is 2. The van der Waals surface area contributed by atoms with E-state index >= 15 is 0 Å². The van der Waals surface area contributed by atoms with E-state index < -0.39 is 30.1 Å². The number of aliphatic carboxylic acids is 2. The minimum atomic E-state index is -0.900. The monoisotopic (exact) mass is 432 g/mol. The first-order valence-electron chi connectivity index (χ1n) is 9.89. The fraction of sp³-hybridized carbons (Fsp3) is 0.722. The zero-order valence-electron chi connectivity index (χ0n) is 17.7. The van der Waals surface area contributed by atoms with Crippen molar-refractivity contribution >= 4 is 18.0 Å². The summed E-state index contributed by atoms with van der Waals surface area (Å²) >= 11 is 0. The Balaban J connectivity index is 3.92. The number of hydrogen-bond donors (Lipinski definition) is 7. The lowest BCUT2D eigenvalue weighted by atomic mass is 10.1. The van der Waals surface area contributed by atoms with Crippen molar-refractivity contribution in [3.05, 3.63) is 11.9 Å². The van der Waals surface area contributed by atoms with Gasteiger partial charge in [-0.3, -0.25) is 9.59 Å². The molecule has 9 N–H and O–H groups in total. The van der Waals surface area contributed by atoms with Gasteiger partial charge in [0.2, 0.25) is 0 Å². The van der Waals surface area contributed by atoms with Crippen LogP contribution in [-0.4, -0.2) is 79.1 Å². The molecule has 2 unspecified atom stereocenters. The molecule has 0 fully saturated rings. The van der Waals surface area contributed by atoms with Gasteiger partial charge in [0.15, 0.2) is 0 Å². The third-order valence-corrected chi connectivity index (χ3v) is 4.34. The number of hydrazine groups is 1. The van der Waals surface area contributed by atoms with Gasteiger partial charge in [0, 0.05) is 19.3 Å². The average molecular weight is 433 g/mol. The number of unbranched alkanes of at least 4 members (excludes halogenated alkanes) is 2. The molecule has 0 aromatic carbocycles. The predicted octanol–water partition coefficient (Wildman–Crippen LogP) is -0.626. The highest BCUT2D eigenvalue weighted by molar-refractivity contribution is 5.73. The quantitative estimate of drug-likeness (QED) is 0.0879. The Bertz CT molecular complexity index is 559. The van der Waals surface area contributed by atoms with Gasteiger partial charge in [-0.2, -0.15) is 0 Å². The predicted molar refractivity (Wildman–Crippen MR) is 111 cm³/mol. The van der Waals surface area contributed by atoms with E-state index in [4.69, 9.17) is 26.5 Å². The lowest BCUT2D eigenvalue weighted by Crippen LogP contribution is -2.34. The highest BCUT2D eigenvalue weighted by Gasteiger charge is 2.14. The molecular weight excluding hydrogens is 396 g/mol. The van der Waals surface area contributed by atoms with Crippen LogP contribution in [0.1, 0.15) is 38.5 Å². The SMILES string of the molecule is CNC(CCCCNC(=O)OC/C(N)=C/N(N)CCCCC(NC)C(=O)O)C(=O)O. The third-order valence-electron chi connectivity index (χ3n) is 4.34. The van der Waals surface area contributed by atoms with Gasteiger partial charge in [0.25, 0.3) is 0 Å². The second-order valence-corrected chi connectivity index (χ2v) is 6.80. The molecule has 0 spiro atoms. The van der Waals surface area contributed by atoms with Gasteiger partial charge in [-0.25, -0.2) is 10.6 Å². The van der Waals surface area contributed by atoms with E-state index in [9.17, 15) is 14.4 Å². The van der Waals surface area contributed by atoms with Gasteiger partial charge in [0.1, 0.15) is 18.7 Å². The van der Waals surface area contributed by atoms with E-state index in [1.807, 2.05) is 0 Å². The number of hydrogen-bond acceptors (Lipinski definition) is 9. The highest BCUT2D eigenvalue weighted by atomic mass is 16.5. The lowest BCUT2D eigenvalue weighted by molar-refractivity contribution is -0.140. The number of nitrogens with one attached hydrogen (secondary N) is 3. The second kappa shape index (κ2) is 16.3. The number of rotatable bonds is 17. The van der Waals surface area contributed by atoms with Crippen LogP contribution in [0.2, 0.25) is 0 Å². The van der Waals surface area contributed by atoms with E-state index in [-0.39, 0.29) is 12.3 Å². The molecule has 0 saturated heterocycles. The molecule has 0 rings (SSSR count). The Labute approximate surface area is 176 Å². The van der Waals surface area contributed by atoms with Gasteiger partial charge in [0.05, 0.1) is 5.70 Å². The summed E-state index contributed by atoms with van der Waals surface area (Å²) in [6.07, 6.45) is 4.44. The maximum atomic E-state index is 11.6. The van der Waals surface area contributed by atoms with Crippen LogP contribution in [0.15, 0.2) is 11.9 Å². The Kier molecular flexibility index (Phi) is 14.9. The van der Waals surface area contributed by atoms with Gasteiger partial charge in [-0.05, 0) is 52.6 Å². The average Bonchev–Trinajstić information content (AvgIpc) is 2.68. The standard InChI is InChI=1S/C18H36N6O6/c1-21-14(16(25)26)7-3-5-9-23-18(29)30-12-13(19)11-24(20)10-6-4-8-15(22-2)17(27)28/h11,14-15,21-22H,3-10,12,19-20H2,1-2H3,(H,23,29)(H,25,26)(H,27,28)/b13-11-. The molecule has 0 aromatic rings. The summed E-state index contributed by atoms with van der Waals surface area (Å²) in [5.41, 5.74) is 6.04. The summed E-state index contributed by atoms with van der Waals surface area (Å²) in [4.78, 5) is 33.4. The Hall–Kier alpha value is -2.57. The molecule has 1 amide bonds. The molecule has 0 saturated carbocycles. The number of carbonyl (C=O) groups is 3. The van der Waals surface area contributed by atoms with E-state index in [0.29, 0.717) is 51.6 Å². The number of ether oxygens (including phenoxy) is 1. The second-order valence-electron chi connectivity index (χ2n) is 6.80. The first kappa shape index (κ1) is 27.4. The summed E-state index contributed by atoms with van der Waals surface area (Å²) < 4.78 is 4.98. The molecule has 0 aromatic heterocycles. The molecule has 0 aliphatic heterocycles. The highest BCUT2D eigenvalue weighted by Crippen LogP contribution is 2.03. The van der Waals surface area contributed by atoms with Crippen LogP contribution >= 0.6 is 0 Å². The number of nitrogens with zero attached hydrogens (tertiary/aromatic N) is 1. The summed E-state index contributed by atoms with van der Waals surface area (Å²) in [5, 5.41) is 27.2. The molecule has 12 heteroatoms. The van der Waals surface area contributed by atoms with E-state index in [0.717, 1.165) is 0 Å². The molecule has 2 atom stereocenters. The number of amides is 1. The molecule has 0 heterocycles. The summed E-state index contributed by atoms with van der Waals surface area (Å²) in [5.74, 6) is 4.02. The molecule has 12 nitrogen and oxygen atoms in total. The minimum Gasteiger partial charge on any atom is -0.480 e. The molecule has 30 heavy (non-hydrogen) atoms. The van der Waals surface area contributed by atoms with Crippen LogP contribution < -0.4 is 27.5 Å². The van der Waals surface area contributed by atoms with Crippen LogP contribution in [0.25, 0.3) is 0 Å². The number of carbonyl (C=O) groups excluding carboxylic acids is 1. The minimum absolute atomic E-state index is 0.124. The van der Waals surface area contributed by atoms with Gasteiger partial charge < -0.3 is 41.6 Å². The lowest BCUT2D eigenvalue weighted by Gasteiger charge is -2.16. The van der Waals surface area contributed by atoms with Crippen molar-refractivity contribution in [3.63, 3.8) is 0 Å². The van der Waals surface area contributed by atoms with E-state index in [2.05, 4.69) is 16.0 Å². The first-order chi connectivity index (χ1) is 14.2. The molecular formula is C18H36N6O6. The molecule has 174 valence electrons. The van der Waals surface area contributed by atoms with E-state index in [1.54, 1.807) is 14.1 Å². The molecule has 0 aliphatic rings. The van der Waals surface area contributed by atoms with Gasteiger partial charge in [-0.15, -0.1) is 0 Å². The molecule has 0 radical (unpaired) electrons. The fourth-order valence-electron chi connectivity index (χ4n) is 2.60. The summed E-state index contributed by atoms with van der Waals surface area (Å²) in [6.45, 7) is 0.722. The van der Waals surface area contributed by atoms with Crippen molar-refractivity contribution in [2.75, 3.05) is 33.8 Å². The van der Waals surface area contributed by atoms with Crippen molar-refractivity contribution in [1.29, 1.82) is 0 Å². The number of alkyl carbamates (subject to hydrolysis) is 1. The largest absolute Gasteiger partial charge is 0.480 e. The van der Waals surface area contributed by atoms with Crippen LogP contribution in [0.5, 0.6) is 0 Å². The maximum Gasteiger partial charge on any atom is 0.407 e. The zero-order chi connectivity index (χ0) is 22.9. The third kappa shape index (κ3) is 13.6. The number of carboxylic acid groups (broad SMARTS) is 2. The summed E-state index contributed by atoms with van der Waals surface area (Å²) in [7, 11) is 3.19. The van der Waals surface area contributed by atoms with E-state index in [1.165, 1.54) is 11.2 Å². The van der Waals surface area contributed by atoms with Crippen LogP contribution in [0.3, 0.4) is 0 Å². The Morgan fingerprint density at radius 2 is 1.53 bits per heavy atom. The van der Waals surface area contributed by atoms with Crippen LogP contribution in [0, 0.1) is 0 Å². The van der Waals surface area contributed by atoms with Crippen molar-refractivity contribution in [1.82, 2.24) is 21.0 Å². The molecule has 0 aliphatic carbocycles. The van der Waals surface area contributed by atoms with Gasteiger partial charge >= 0.3 is 18.0 Å². The van der Waals surface area contributed by atoms with Gasteiger partial charge in [-0.1, -0.05) is 0 Å². The normalized spacial score (nSPS) is 13.4. The first-order valence-corrected chi connectivity index (χ1v) is 9.89. The van der Waals surface area contributed by atoms with Crippen LogP contribution in [-0.2, 0) is 14.3 Å². The smallest absolute Gasteiger partial charge is 0.407 e. The Morgan fingerprint density at radius 1 is 1.00 bits per heavy atom. The maximum absolute atomic E-state index is 11.6. The number of likely N-dealkylation sites (N-methyl/N-ethyl adjacent to an activating group) is 2. The number of carboxylic acids is 2.